The fourth-order valence-electron chi connectivity index (χ4n) is 7.04. The maximum atomic E-state index is 13.7. The number of hydrogen-bond acceptors (Lipinski definition) is 23. The van der Waals surface area contributed by atoms with Gasteiger partial charge in [0.25, 0.3) is 5.69 Å². The summed E-state index contributed by atoms with van der Waals surface area (Å²) in [4.78, 5) is 19.0. The Morgan fingerprint density at radius 3 is 1.35 bits per heavy atom. The molecule has 0 radical (unpaired) electrons. The van der Waals surface area contributed by atoms with Gasteiger partial charge in [-0.1, -0.05) is 42.5 Å². The molecule has 83 heavy (non-hydrogen) atoms. The Kier molecular flexibility index (Phi) is 29.6. The van der Waals surface area contributed by atoms with Crippen molar-refractivity contribution in [1.82, 2.24) is 9.97 Å². The van der Waals surface area contributed by atoms with Crippen LogP contribution in [0.15, 0.2) is 93.3 Å². The van der Waals surface area contributed by atoms with Crippen LogP contribution in [0.1, 0.15) is 38.9 Å². The summed E-state index contributed by atoms with van der Waals surface area (Å²) in [5, 5.41) is 84.8. The molecule has 30 heteroatoms. The third-order valence-electron chi connectivity index (χ3n) is 11.0. The van der Waals surface area contributed by atoms with Crippen LogP contribution < -0.4 is 21.3 Å². The van der Waals surface area contributed by atoms with Crippen LogP contribution in [0.3, 0.4) is 0 Å². The Morgan fingerprint density at radius 2 is 0.928 bits per heavy atom. The summed E-state index contributed by atoms with van der Waals surface area (Å²) in [5.74, 6) is 0.780. The predicted octanol–water partition coefficient (Wildman–Crippen LogP) is 9.22. The second kappa shape index (κ2) is 36.4. The molecule has 0 saturated carbocycles. The minimum atomic E-state index is -4.93. The Bertz CT molecular complexity index is 2950. The summed E-state index contributed by atoms with van der Waals surface area (Å²) >= 11 is 0. The van der Waals surface area contributed by atoms with Crippen LogP contribution in [0.25, 0.3) is 0 Å². The molecular weight excluding hydrogens is 1110 g/mol. The Morgan fingerprint density at radius 1 is 0.530 bits per heavy atom. The molecule has 3 aromatic carbocycles. The van der Waals surface area contributed by atoms with E-state index in [1.807, 2.05) is 36.4 Å². The van der Waals surface area contributed by atoms with Crippen molar-refractivity contribution in [3.63, 3.8) is 0 Å². The molecule has 0 bridgehead atoms. The number of nitro groups is 1. The first-order valence-corrected chi connectivity index (χ1v) is 25.5. The molecule has 2 aromatic heterocycles. The summed E-state index contributed by atoms with van der Waals surface area (Å²) in [7, 11) is 0. The van der Waals surface area contributed by atoms with Gasteiger partial charge in [-0.2, -0.15) is 36.9 Å². The van der Waals surface area contributed by atoms with E-state index in [1.54, 1.807) is 13.8 Å². The highest BCUT2D eigenvalue weighted by molar-refractivity contribution is 5.75. The van der Waals surface area contributed by atoms with Gasteiger partial charge in [0.1, 0.15) is 35.1 Å². The summed E-state index contributed by atoms with van der Waals surface area (Å²) in [5.41, 5.74) is -2.12. The monoisotopic (exact) mass is 1170 g/mol. The number of benzene rings is 3. The molecule has 0 atom stereocenters. The van der Waals surface area contributed by atoms with Crippen molar-refractivity contribution >= 4 is 51.7 Å². The van der Waals surface area contributed by atoms with E-state index in [1.165, 1.54) is 18.2 Å². The van der Waals surface area contributed by atoms with Crippen LogP contribution in [-0.4, -0.2) is 149 Å². The largest absolute Gasteiger partial charge is 0.418 e. The van der Waals surface area contributed by atoms with Crippen LogP contribution in [0.5, 0.6) is 0 Å². The quantitative estimate of drug-likeness (QED) is 0.00653. The number of hydrogen-bond donors (Lipinski definition) is 7. The number of nitro benzene ring substituents is 1. The van der Waals surface area contributed by atoms with E-state index in [4.69, 9.17) is 43.7 Å². The molecule has 24 nitrogen and oxygen atoms in total. The minimum Gasteiger partial charge on any atom is -0.394 e. The zero-order valence-corrected chi connectivity index (χ0v) is 45.3. The number of ether oxygens (including phenoxy) is 6. The smallest absolute Gasteiger partial charge is 0.394 e. The van der Waals surface area contributed by atoms with E-state index in [9.17, 15) is 47.0 Å². The van der Waals surface area contributed by atoms with E-state index >= 15 is 0 Å². The number of pyridine rings is 2. The first-order chi connectivity index (χ1) is 40.0. The molecule has 5 aromatic rings. The minimum absolute atomic E-state index is 0.0248. The normalized spacial score (nSPS) is 11.5. The molecule has 0 fully saturated rings. The third kappa shape index (κ3) is 23.0. The van der Waals surface area contributed by atoms with Gasteiger partial charge in [0.2, 0.25) is 0 Å². The number of non-ortho nitro benzene ring substituents is 1. The first kappa shape index (κ1) is 67.5. The molecule has 0 saturated heterocycles. The van der Waals surface area contributed by atoms with E-state index in [0.29, 0.717) is 63.4 Å². The van der Waals surface area contributed by atoms with Crippen molar-refractivity contribution in [3.8, 4) is 12.1 Å². The molecule has 0 aliphatic heterocycles. The molecule has 7 N–H and O–H groups in total. The number of aliphatic hydroxyl groups is 3. The number of azo groups is 2. The van der Waals surface area contributed by atoms with Crippen molar-refractivity contribution in [2.75, 3.05) is 140 Å². The SMILES string of the molecule is Cc1c(C#N)c(NCCOCCOCCO)nc(NCCOCCOCCO)c1N=Nc1ccccc1C(F)(F)F.Cc1c(C#N)c(NCCOCCOCCO)nc(NCc2ccccc2)c1N=Nc1ccc([N+](=O)[O-])cc1C(F)(F)F. The number of nitrogens with one attached hydrogen (secondary N) is 4. The summed E-state index contributed by atoms with van der Waals surface area (Å²) < 4.78 is 113. The van der Waals surface area contributed by atoms with Gasteiger partial charge in [-0.05, 0) is 37.6 Å². The summed E-state index contributed by atoms with van der Waals surface area (Å²) in [6, 6.07) is 20.3. The van der Waals surface area contributed by atoms with Crippen molar-refractivity contribution < 1.29 is 75.0 Å². The van der Waals surface area contributed by atoms with Crippen molar-refractivity contribution in [2.24, 2.45) is 20.5 Å². The van der Waals surface area contributed by atoms with Crippen LogP contribution in [0, 0.1) is 46.6 Å². The van der Waals surface area contributed by atoms with E-state index in [2.05, 4.69) is 57.8 Å². The van der Waals surface area contributed by atoms with Crippen LogP contribution >= 0.6 is 0 Å². The number of alkyl halides is 6. The van der Waals surface area contributed by atoms with Crippen molar-refractivity contribution in [2.45, 2.75) is 32.7 Å². The zero-order valence-electron chi connectivity index (χ0n) is 45.3. The maximum absolute atomic E-state index is 13.7. The van der Waals surface area contributed by atoms with E-state index in [0.717, 1.165) is 23.8 Å². The Balaban J connectivity index is 0.000000357. The molecule has 5 rings (SSSR count). The molecule has 0 aliphatic carbocycles. The molecular formula is C53H63F6N13O11. The van der Waals surface area contributed by atoms with Gasteiger partial charge in [0.05, 0.1) is 138 Å². The molecule has 0 amide bonds. The highest BCUT2D eigenvalue weighted by atomic mass is 19.4. The molecule has 0 unspecified atom stereocenters. The van der Waals surface area contributed by atoms with Crippen LogP contribution in [0.4, 0.5) is 78.1 Å². The summed E-state index contributed by atoms with van der Waals surface area (Å²) in [6.45, 7) is 7.28. The molecule has 2 heterocycles. The fourth-order valence-corrected chi connectivity index (χ4v) is 7.04. The zero-order chi connectivity index (χ0) is 60.5. The maximum Gasteiger partial charge on any atom is 0.418 e. The van der Waals surface area contributed by atoms with Crippen molar-refractivity contribution in [1.29, 1.82) is 10.5 Å². The standard InChI is InChI=1S/C27H28F3N7O5.C26H35F3N6O6/c1-18-21(16-31)25(32-9-11-41-13-14-42-12-10-38)34-26(33-17-19-5-3-2-4-6-19)24(18)36-35-23-8-7-20(37(39)40)15-22(23)27(28,29)30;1-19-20(18-30)24(31-6-10-38-14-16-40-12-8-36)33-25(32-7-11-39-15-17-41-13-9-37)23(19)35-34-22-5-3-2-4-21(22)26(27,28)29/h2-8,15,38H,9-14,17H2,1H3,(H2,32,33,34);2-5,36-37H,6-17H2,1H3,(H2,31,32,33). The molecule has 0 spiro atoms. The lowest BCUT2D eigenvalue weighted by Crippen LogP contribution is -2.17. The average molecular weight is 1170 g/mol. The van der Waals surface area contributed by atoms with Crippen LogP contribution in [0.2, 0.25) is 0 Å². The predicted molar refractivity (Wildman–Crippen MR) is 291 cm³/mol. The lowest BCUT2D eigenvalue weighted by molar-refractivity contribution is -0.385. The molecule has 0 aliphatic rings. The summed E-state index contributed by atoms with van der Waals surface area (Å²) in [6.07, 6.45) is -9.55. The van der Waals surface area contributed by atoms with Gasteiger partial charge >= 0.3 is 12.4 Å². The number of aromatic nitrogens is 2. The highest BCUT2D eigenvalue weighted by Crippen LogP contribution is 2.42. The third-order valence-corrected chi connectivity index (χ3v) is 11.0. The second-order valence-corrected chi connectivity index (χ2v) is 16.9. The number of halogens is 6. The topological polar surface area (TPSA) is 330 Å². The first-order valence-electron chi connectivity index (χ1n) is 25.5. The number of nitriles is 2. The number of aliphatic hydroxyl groups excluding tert-OH is 3. The highest BCUT2D eigenvalue weighted by Gasteiger charge is 2.36. The van der Waals surface area contributed by atoms with Crippen molar-refractivity contribution in [3.05, 3.63) is 122 Å². The Hall–Kier alpha value is -8.04. The van der Waals surface area contributed by atoms with Gasteiger partial charge in [-0.25, -0.2) is 9.97 Å². The lowest BCUT2D eigenvalue weighted by atomic mass is 10.1. The number of anilines is 4. The number of rotatable bonds is 35. The number of nitrogens with zero attached hydrogens (tertiary/aromatic N) is 9. The van der Waals surface area contributed by atoms with Gasteiger partial charge in [0, 0.05) is 49.4 Å². The Labute approximate surface area is 473 Å². The lowest BCUT2D eigenvalue weighted by Gasteiger charge is -2.16. The van der Waals surface area contributed by atoms with Crippen LogP contribution in [-0.2, 0) is 47.3 Å². The van der Waals surface area contributed by atoms with Gasteiger partial charge in [-0.15, -0.1) is 20.5 Å². The van der Waals surface area contributed by atoms with E-state index < -0.39 is 39.8 Å². The molecule has 448 valence electrons. The second-order valence-electron chi connectivity index (χ2n) is 16.9. The van der Waals surface area contributed by atoms with E-state index in [-0.39, 0.29) is 131 Å². The van der Waals surface area contributed by atoms with Gasteiger partial charge < -0.3 is 65.0 Å². The average Bonchev–Trinajstić information content (AvgIpc) is 3.67. The fraction of sp³-hybridized carbons (Fsp3) is 0.434. The van der Waals surface area contributed by atoms with Gasteiger partial charge in [-0.3, -0.25) is 10.1 Å². The van der Waals surface area contributed by atoms with Gasteiger partial charge in [0.15, 0.2) is 11.6 Å².